The average Bonchev–Trinajstić information content (AvgIpc) is 2.62. The Morgan fingerprint density at radius 1 is 1.28 bits per heavy atom. The largest absolute Gasteiger partial charge is 0.385 e. The van der Waals surface area contributed by atoms with Crippen molar-refractivity contribution in [2.75, 3.05) is 40.4 Å². The molecule has 2 rings (SSSR count). The molecule has 0 aliphatic carbocycles. The van der Waals surface area contributed by atoms with Gasteiger partial charge in [0.25, 0.3) is 5.91 Å². The van der Waals surface area contributed by atoms with Gasteiger partial charge in [-0.2, -0.15) is 4.31 Å². The Bertz CT molecular complexity index is 703. The van der Waals surface area contributed by atoms with Crippen molar-refractivity contribution < 1.29 is 17.9 Å². The molecule has 0 atom stereocenters. The minimum atomic E-state index is -3.60. The second-order valence-electron chi connectivity index (χ2n) is 6.18. The van der Waals surface area contributed by atoms with Gasteiger partial charge in [-0.3, -0.25) is 4.79 Å². The summed E-state index contributed by atoms with van der Waals surface area (Å²) in [7, 11) is -0.326. The van der Waals surface area contributed by atoms with Crippen molar-refractivity contribution in [2.24, 2.45) is 0 Å². The van der Waals surface area contributed by atoms with Crippen LogP contribution in [0, 0.1) is 0 Å². The van der Waals surface area contributed by atoms with E-state index in [1.165, 1.54) is 27.4 Å². The van der Waals surface area contributed by atoms with Crippen molar-refractivity contribution in [1.29, 1.82) is 0 Å². The Hall–Kier alpha value is -1.15. The molecular formula is C17H25ClN2O4S. The molecule has 1 fully saturated rings. The summed E-state index contributed by atoms with van der Waals surface area (Å²) in [5.74, 6) is -0.295. The molecule has 1 aromatic rings. The van der Waals surface area contributed by atoms with E-state index in [1.54, 1.807) is 14.2 Å². The van der Waals surface area contributed by atoms with E-state index in [1.807, 2.05) is 0 Å². The maximum atomic E-state index is 12.8. The number of methoxy groups -OCH3 is 1. The molecule has 1 aliphatic rings. The number of ether oxygens (including phenoxy) is 1. The summed E-state index contributed by atoms with van der Waals surface area (Å²) in [6.45, 7) is 2.09. The fraction of sp³-hybridized carbons (Fsp3) is 0.588. The molecule has 8 heteroatoms. The zero-order valence-electron chi connectivity index (χ0n) is 14.7. The number of carbonyl (C=O) groups is 1. The number of nitrogens with zero attached hydrogens (tertiary/aromatic N) is 2. The lowest BCUT2D eigenvalue weighted by Crippen LogP contribution is -2.35. The summed E-state index contributed by atoms with van der Waals surface area (Å²) >= 11 is 6.15. The monoisotopic (exact) mass is 388 g/mol. The van der Waals surface area contributed by atoms with Crippen LogP contribution in [0.3, 0.4) is 0 Å². The zero-order chi connectivity index (χ0) is 18.4. The minimum Gasteiger partial charge on any atom is -0.385 e. The highest BCUT2D eigenvalue weighted by Gasteiger charge is 2.27. The van der Waals surface area contributed by atoms with Crippen LogP contribution in [0.1, 0.15) is 36.0 Å². The fourth-order valence-electron chi connectivity index (χ4n) is 2.84. The van der Waals surface area contributed by atoms with Gasteiger partial charge in [0.1, 0.15) is 0 Å². The number of sulfonamides is 1. The molecule has 0 unspecified atom stereocenters. The number of rotatable bonds is 7. The third-order valence-corrected chi connectivity index (χ3v) is 6.53. The third-order valence-electron chi connectivity index (χ3n) is 4.31. The fourth-order valence-corrected chi connectivity index (χ4v) is 4.58. The van der Waals surface area contributed by atoms with Crippen molar-refractivity contribution in [2.45, 2.75) is 30.6 Å². The highest BCUT2D eigenvalue weighted by molar-refractivity contribution is 7.89. The van der Waals surface area contributed by atoms with Gasteiger partial charge < -0.3 is 9.64 Å². The predicted molar refractivity (Wildman–Crippen MR) is 97.5 cm³/mol. The first kappa shape index (κ1) is 20.2. The lowest BCUT2D eigenvalue weighted by atomic mass is 10.2. The van der Waals surface area contributed by atoms with E-state index in [0.29, 0.717) is 32.7 Å². The normalized spacial score (nSPS) is 16.0. The quantitative estimate of drug-likeness (QED) is 0.673. The molecule has 0 spiro atoms. The number of hydrogen-bond donors (Lipinski definition) is 0. The molecule has 0 saturated carbocycles. The summed E-state index contributed by atoms with van der Waals surface area (Å²) in [5, 5.41) is 0.251. The van der Waals surface area contributed by atoms with Crippen LogP contribution in [-0.2, 0) is 14.8 Å². The van der Waals surface area contributed by atoms with Crippen LogP contribution in [-0.4, -0.2) is 63.9 Å². The zero-order valence-corrected chi connectivity index (χ0v) is 16.3. The standard InChI is InChI=1S/C17H25ClN2O4S/c1-19(9-6-12-24-2)17(21)15-13-14(7-8-16(15)18)25(22,23)20-10-4-3-5-11-20/h7-8,13H,3-6,9-12H2,1-2H3. The molecule has 0 bridgehead atoms. The van der Waals surface area contributed by atoms with Crippen molar-refractivity contribution in [3.05, 3.63) is 28.8 Å². The lowest BCUT2D eigenvalue weighted by Gasteiger charge is -2.26. The van der Waals surface area contributed by atoms with Crippen LogP contribution in [0.4, 0.5) is 0 Å². The van der Waals surface area contributed by atoms with Crippen LogP contribution in [0.15, 0.2) is 23.1 Å². The molecule has 6 nitrogen and oxygen atoms in total. The van der Waals surface area contributed by atoms with Gasteiger partial charge in [-0.05, 0) is 37.5 Å². The Labute approximate surface area is 154 Å². The van der Waals surface area contributed by atoms with Gasteiger partial charge in [-0.25, -0.2) is 8.42 Å². The Morgan fingerprint density at radius 3 is 2.60 bits per heavy atom. The Balaban J connectivity index is 2.23. The number of hydrogen-bond acceptors (Lipinski definition) is 4. The van der Waals surface area contributed by atoms with Gasteiger partial charge in [0.05, 0.1) is 15.5 Å². The molecule has 0 N–H and O–H groups in total. The van der Waals surface area contributed by atoms with Crippen molar-refractivity contribution in [3.8, 4) is 0 Å². The third kappa shape index (κ3) is 4.94. The van der Waals surface area contributed by atoms with Crippen molar-refractivity contribution in [3.63, 3.8) is 0 Å². The van der Waals surface area contributed by atoms with Crippen LogP contribution in [0.5, 0.6) is 0 Å². The van der Waals surface area contributed by atoms with Crippen molar-refractivity contribution in [1.82, 2.24) is 9.21 Å². The van der Waals surface area contributed by atoms with E-state index in [-0.39, 0.29) is 21.4 Å². The van der Waals surface area contributed by atoms with Gasteiger partial charge in [-0.1, -0.05) is 18.0 Å². The second-order valence-corrected chi connectivity index (χ2v) is 8.52. The van der Waals surface area contributed by atoms with E-state index >= 15 is 0 Å². The lowest BCUT2D eigenvalue weighted by molar-refractivity contribution is 0.0779. The van der Waals surface area contributed by atoms with E-state index < -0.39 is 10.0 Å². The topological polar surface area (TPSA) is 66.9 Å². The Morgan fingerprint density at radius 2 is 1.96 bits per heavy atom. The average molecular weight is 389 g/mol. The summed E-state index contributed by atoms with van der Waals surface area (Å²) < 4.78 is 32.1. The summed E-state index contributed by atoms with van der Waals surface area (Å²) in [6.07, 6.45) is 3.46. The molecule has 1 aromatic carbocycles. The summed E-state index contributed by atoms with van der Waals surface area (Å²) in [6, 6.07) is 4.34. The number of amides is 1. The van der Waals surface area contributed by atoms with Gasteiger partial charge in [0.15, 0.2) is 0 Å². The molecule has 0 aromatic heterocycles. The Kier molecular flexibility index (Phi) is 7.25. The van der Waals surface area contributed by atoms with Gasteiger partial charge in [-0.15, -0.1) is 0 Å². The van der Waals surface area contributed by atoms with Crippen LogP contribution in [0.2, 0.25) is 5.02 Å². The van der Waals surface area contributed by atoms with Gasteiger partial charge in [0.2, 0.25) is 10.0 Å². The number of piperidine rings is 1. The molecule has 140 valence electrons. The molecule has 0 radical (unpaired) electrons. The maximum Gasteiger partial charge on any atom is 0.255 e. The molecule has 1 amide bonds. The minimum absolute atomic E-state index is 0.118. The predicted octanol–water partition coefficient (Wildman–Crippen LogP) is 2.62. The maximum absolute atomic E-state index is 12.8. The van der Waals surface area contributed by atoms with Crippen molar-refractivity contribution >= 4 is 27.5 Å². The van der Waals surface area contributed by atoms with Crippen LogP contribution >= 0.6 is 11.6 Å². The number of benzene rings is 1. The summed E-state index contributed by atoms with van der Waals surface area (Å²) in [5.41, 5.74) is 0.208. The molecular weight excluding hydrogens is 364 g/mol. The van der Waals surface area contributed by atoms with Crippen LogP contribution in [0.25, 0.3) is 0 Å². The van der Waals surface area contributed by atoms with Gasteiger partial charge >= 0.3 is 0 Å². The smallest absolute Gasteiger partial charge is 0.255 e. The van der Waals surface area contributed by atoms with E-state index in [4.69, 9.17) is 16.3 Å². The van der Waals surface area contributed by atoms with E-state index in [9.17, 15) is 13.2 Å². The molecule has 1 aliphatic heterocycles. The highest BCUT2D eigenvalue weighted by atomic mass is 35.5. The number of carbonyl (C=O) groups excluding carboxylic acids is 1. The molecule has 25 heavy (non-hydrogen) atoms. The first-order valence-electron chi connectivity index (χ1n) is 8.42. The summed E-state index contributed by atoms with van der Waals surface area (Å²) in [4.78, 5) is 14.3. The SMILES string of the molecule is COCCCN(C)C(=O)c1cc(S(=O)(=O)N2CCCCC2)ccc1Cl. The number of halogens is 1. The van der Waals surface area contributed by atoms with Crippen LogP contribution < -0.4 is 0 Å². The first-order valence-corrected chi connectivity index (χ1v) is 10.2. The van der Waals surface area contributed by atoms with E-state index in [0.717, 1.165) is 19.3 Å². The highest BCUT2D eigenvalue weighted by Crippen LogP contribution is 2.25. The molecule has 1 heterocycles. The second kappa shape index (κ2) is 8.98. The first-order chi connectivity index (χ1) is 11.9. The van der Waals surface area contributed by atoms with E-state index in [2.05, 4.69) is 0 Å². The molecule has 1 saturated heterocycles. The van der Waals surface area contributed by atoms with Gasteiger partial charge in [0, 0.05) is 40.4 Å².